The first kappa shape index (κ1) is 13.3. The summed E-state index contributed by atoms with van der Waals surface area (Å²) < 4.78 is 0. The van der Waals surface area contributed by atoms with Gasteiger partial charge in [-0.05, 0) is 37.3 Å². The number of piperidine rings is 1. The van der Waals surface area contributed by atoms with Crippen LogP contribution in [0.5, 0.6) is 0 Å². The van der Waals surface area contributed by atoms with E-state index in [4.69, 9.17) is 10.4 Å². The van der Waals surface area contributed by atoms with Crippen molar-refractivity contribution in [2.75, 3.05) is 18.0 Å². The lowest BCUT2D eigenvalue weighted by atomic mass is 9.93. The van der Waals surface area contributed by atoms with E-state index in [-0.39, 0.29) is 6.42 Å². The van der Waals surface area contributed by atoms with Crippen molar-refractivity contribution in [3.8, 4) is 6.07 Å². The van der Waals surface area contributed by atoms with Gasteiger partial charge in [0.2, 0.25) is 0 Å². The number of anilines is 1. The summed E-state index contributed by atoms with van der Waals surface area (Å²) in [7, 11) is 0. The molecule has 1 aliphatic heterocycles. The van der Waals surface area contributed by atoms with Crippen LogP contribution in [0.3, 0.4) is 0 Å². The number of hydrogen-bond acceptors (Lipinski definition) is 4. The smallest absolute Gasteiger partial charge is 0.303 e. The molecular weight excluding hydrogens is 242 g/mol. The average Bonchev–Trinajstić information content (AvgIpc) is 2.45. The standard InChI is InChI=1S/C14H17N3O2/c15-9-12-8-13(5-6-16-12)17-7-1-2-11(10-17)3-4-14(18)19/h5-6,8,11H,1-4,7,10H2,(H,18,19). The predicted octanol–water partition coefficient (Wildman–Crippen LogP) is 2.03. The summed E-state index contributed by atoms with van der Waals surface area (Å²) in [4.78, 5) is 16.8. The first-order chi connectivity index (χ1) is 9.19. The largest absolute Gasteiger partial charge is 0.481 e. The Labute approximate surface area is 112 Å². The monoisotopic (exact) mass is 259 g/mol. The van der Waals surface area contributed by atoms with E-state index in [9.17, 15) is 4.79 Å². The van der Waals surface area contributed by atoms with Crippen molar-refractivity contribution in [3.05, 3.63) is 24.0 Å². The van der Waals surface area contributed by atoms with E-state index in [0.717, 1.165) is 38.0 Å². The predicted molar refractivity (Wildman–Crippen MR) is 70.8 cm³/mol. The second kappa shape index (κ2) is 6.19. The number of carboxylic acids is 1. The quantitative estimate of drug-likeness (QED) is 0.895. The number of aliphatic carboxylic acids is 1. The topological polar surface area (TPSA) is 77.2 Å². The Morgan fingerprint density at radius 1 is 1.63 bits per heavy atom. The van der Waals surface area contributed by atoms with E-state index in [1.165, 1.54) is 0 Å². The van der Waals surface area contributed by atoms with Crippen molar-refractivity contribution >= 4 is 11.7 Å². The Morgan fingerprint density at radius 3 is 3.21 bits per heavy atom. The van der Waals surface area contributed by atoms with Crippen LogP contribution in [0.1, 0.15) is 31.4 Å². The fourth-order valence-electron chi connectivity index (χ4n) is 2.54. The highest BCUT2D eigenvalue weighted by molar-refractivity contribution is 5.66. The van der Waals surface area contributed by atoms with Crippen molar-refractivity contribution in [1.82, 2.24) is 4.98 Å². The van der Waals surface area contributed by atoms with Gasteiger partial charge in [-0.3, -0.25) is 4.79 Å². The molecule has 0 bridgehead atoms. The SMILES string of the molecule is N#Cc1cc(N2CCCC(CCC(=O)O)C2)ccn1. The molecule has 1 saturated heterocycles. The lowest BCUT2D eigenvalue weighted by Crippen LogP contribution is -2.35. The summed E-state index contributed by atoms with van der Waals surface area (Å²) in [5.41, 5.74) is 1.43. The highest BCUT2D eigenvalue weighted by Crippen LogP contribution is 2.25. The van der Waals surface area contributed by atoms with Gasteiger partial charge in [0.25, 0.3) is 0 Å². The molecule has 1 unspecified atom stereocenters. The maximum absolute atomic E-state index is 10.6. The Morgan fingerprint density at radius 2 is 2.47 bits per heavy atom. The number of pyridine rings is 1. The van der Waals surface area contributed by atoms with E-state index < -0.39 is 5.97 Å². The molecule has 0 radical (unpaired) electrons. The molecule has 1 fully saturated rings. The van der Waals surface area contributed by atoms with Crippen LogP contribution in [0, 0.1) is 17.2 Å². The third kappa shape index (κ3) is 3.68. The molecule has 0 saturated carbocycles. The van der Waals surface area contributed by atoms with Gasteiger partial charge in [0.05, 0.1) is 0 Å². The normalized spacial score (nSPS) is 18.9. The van der Waals surface area contributed by atoms with Gasteiger partial charge < -0.3 is 10.0 Å². The first-order valence-electron chi connectivity index (χ1n) is 6.52. The minimum absolute atomic E-state index is 0.234. The molecule has 1 aromatic rings. The lowest BCUT2D eigenvalue weighted by Gasteiger charge is -2.34. The van der Waals surface area contributed by atoms with Crippen LogP contribution in [-0.2, 0) is 4.79 Å². The lowest BCUT2D eigenvalue weighted by molar-refractivity contribution is -0.137. The van der Waals surface area contributed by atoms with E-state index in [1.807, 2.05) is 12.1 Å². The third-order valence-corrected chi connectivity index (χ3v) is 3.51. The van der Waals surface area contributed by atoms with E-state index in [0.29, 0.717) is 11.6 Å². The number of hydrogen-bond donors (Lipinski definition) is 1. The second-order valence-electron chi connectivity index (χ2n) is 4.90. The molecule has 100 valence electrons. The van der Waals surface area contributed by atoms with Crippen molar-refractivity contribution < 1.29 is 9.90 Å². The van der Waals surface area contributed by atoms with E-state index in [2.05, 4.69) is 9.88 Å². The molecule has 5 heteroatoms. The van der Waals surface area contributed by atoms with Gasteiger partial charge in [0, 0.05) is 31.4 Å². The van der Waals surface area contributed by atoms with Crippen LogP contribution in [0.2, 0.25) is 0 Å². The molecule has 0 spiro atoms. The number of rotatable bonds is 4. The molecule has 1 N–H and O–H groups in total. The molecule has 1 atom stereocenters. The molecular formula is C14H17N3O2. The van der Waals surface area contributed by atoms with Crippen molar-refractivity contribution in [2.45, 2.75) is 25.7 Å². The van der Waals surface area contributed by atoms with Crippen molar-refractivity contribution in [2.24, 2.45) is 5.92 Å². The zero-order valence-electron chi connectivity index (χ0n) is 10.7. The van der Waals surface area contributed by atoms with Crippen LogP contribution in [-0.4, -0.2) is 29.1 Å². The van der Waals surface area contributed by atoms with Gasteiger partial charge in [-0.2, -0.15) is 5.26 Å². The Hall–Kier alpha value is -2.09. The number of carboxylic acid groups (broad SMARTS) is 1. The molecule has 0 amide bonds. The highest BCUT2D eigenvalue weighted by atomic mass is 16.4. The average molecular weight is 259 g/mol. The van der Waals surface area contributed by atoms with Gasteiger partial charge >= 0.3 is 5.97 Å². The molecule has 2 rings (SSSR count). The summed E-state index contributed by atoms with van der Waals surface area (Å²) in [6.07, 6.45) is 4.75. The first-order valence-corrected chi connectivity index (χ1v) is 6.52. The minimum Gasteiger partial charge on any atom is -0.481 e. The molecule has 5 nitrogen and oxygen atoms in total. The van der Waals surface area contributed by atoms with Gasteiger partial charge in [0.1, 0.15) is 11.8 Å². The second-order valence-corrected chi connectivity index (χ2v) is 4.90. The number of nitriles is 1. The summed E-state index contributed by atoms with van der Waals surface area (Å²) >= 11 is 0. The van der Waals surface area contributed by atoms with Crippen LogP contribution in [0.25, 0.3) is 0 Å². The molecule has 1 aromatic heterocycles. The maximum Gasteiger partial charge on any atom is 0.303 e. The summed E-state index contributed by atoms with van der Waals surface area (Å²) in [5, 5.41) is 17.6. The third-order valence-electron chi connectivity index (χ3n) is 3.51. The fourth-order valence-corrected chi connectivity index (χ4v) is 2.54. The summed E-state index contributed by atoms with van der Waals surface area (Å²) in [6.45, 7) is 1.82. The van der Waals surface area contributed by atoms with Crippen molar-refractivity contribution in [1.29, 1.82) is 5.26 Å². The van der Waals surface area contributed by atoms with Gasteiger partial charge in [-0.1, -0.05) is 0 Å². The Kier molecular flexibility index (Phi) is 4.35. The number of nitrogens with zero attached hydrogens (tertiary/aromatic N) is 3. The molecule has 0 aromatic carbocycles. The zero-order chi connectivity index (χ0) is 13.7. The zero-order valence-corrected chi connectivity index (χ0v) is 10.7. The molecule has 0 aliphatic carbocycles. The van der Waals surface area contributed by atoms with Crippen LogP contribution >= 0.6 is 0 Å². The molecule has 2 heterocycles. The van der Waals surface area contributed by atoms with Crippen LogP contribution in [0.4, 0.5) is 5.69 Å². The highest BCUT2D eigenvalue weighted by Gasteiger charge is 2.21. The number of carbonyl (C=O) groups is 1. The summed E-state index contributed by atoms with van der Waals surface area (Å²) in [5.74, 6) is -0.309. The van der Waals surface area contributed by atoms with Crippen molar-refractivity contribution in [3.63, 3.8) is 0 Å². The molecule has 1 aliphatic rings. The molecule has 19 heavy (non-hydrogen) atoms. The van der Waals surface area contributed by atoms with Gasteiger partial charge in [-0.25, -0.2) is 4.98 Å². The van der Waals surface area contributed by atoms with Crippen LogP contribution in [0.15, 0.2) is 18.3 Å². The van der Waals surface area contributed by atoms with E-state index >= 15 is 0 Å². The number of aromatic nitrogens is 1. The minimum atomic E-state index is -0.729. The summed E-state index contributed by atoms with van der Waals surface area (Å²) in [6, 6.07) is 5.74. The van der Waals surface area contributed by atoms with Crippen LogP contribution < -0.4 is 4.90 Å². The Bertz CT molecular complexity index is 496. The van der Waals surface area contributed by atoms with E-state index in [1.54, 1.807) is 12.3 Å². The maximum atomic E-state index is 10.6. The Balaban J connectivity index is 2.00. The van der Waals surface area contributed by atoms with Gasteiger partial charge in [-0.15, -0.1) is 0 Å². The fraction of sp³-hybridized carbons (Fsp3) is 0.500. The van der Waals surface area contributed by atoms with Gasteiger partial charge in [0.15, 0.2) is 0 Å².